The SMILES string of the molecule is COc1nc(C(C)(C)C)ncc1Cn1cnc(C)c(Oc2cc(Cl)cc(C#N)c2)c1=O. The van der Waals surface area contributed by atoms with Crippen molar-refractivity contribution < 1.29 is 9.47 Å². The number of benzene rings is 1. The molecule has 0 fully saturated rings. The molecule has 0 N–H and O–H groups in total. The Labute approximate surface area is 185 Å². The molecule has 0 spiro atoms. The molecule has 0 unspecified atom stereocenters. The summed E-state index contributed by atoms with van der Waals surface area (Å²) in [6, 6.07) is 6.55. The topological polar surface area (TPSA) is 103 Å². The van der Waals surface area contributed by atoms with Crippen molar-refractivity contribution in [1.82, 2.24) is 19.5 Å². The highest BCUT2D eigenvalue weighted by Crippen LogP contribution is 2.26. The third kappa shape index (κ3) is 5.01. The van der Waals surface area contributed by atoms with Crippen molar-refractivity contribution in [3.8, 4) is 23.4 Å². The van der Waals surface area contributed by atoms with Crippen LogP contribution in [0.15, 0.2) is 35.5 Å². The molecule has 2 heterocycles. The Hall–Kier alpha value is -3.44. The number of hydrogen-bond acceptors (Lipinski definition) is 7. The highest BCUT2D eigenvalue weighted by Gasteiger charge is 2.20. The quantitative estimate of drug-likeness (QED) is 0.591. The lowest BCUT2D eigenvalue weighted by atomic mass is 9.96. The molecule has 0 aliphatic heterocycles. The summed E-state index contributed by atoms with van der Waals surface area (Å²) in [5, 5.41) is 9.45. The zero-order chi connectivity index (χ0) is 22.8. The highest BCUT2D eigenvalue weighted by atomic mass is 35.5. The van der Waals surface area contributed by atoms with E-state index in [0.717, 1.165) is 0 Å². The number of rotatable bonds is 5. The molecule has 160 valence electrons. The first kappa shape index (κ1) is 22.2. The van der Waals surface area contributed by atoms with Crippen molar-refractivity contribution in [2.45, 2.75) is 39.7 Å². The average Bonchev–Trinajstić information content (AvgIpc) is 2.72. The van der Waals surface area contributed by atoms with Gasteiger partial charge in [-0.1, -0.05) is 32.4 Å². The van der Waals surface area contributed by atoms with E-state index in [4.69, 9.17) is 26.3 Å². The fourth-order valence-corrected chi connectivity index (χ4v) is 3.03. The summed E-state index contributed by atoms with van der Waals surface area (Å²) in [7, 11) is 1.52. The van der Waals surface area contributed by atoms with Gasteiger partial charge < -0.3 is 9.47 Å². The summed E-state index contributed by atoms with van der Waals surface area (Å²) in [4.78, 5) is 26.2. The van der Waals surface area contributed by atoms with Crippen molar-refractivity contribution in [1.29, 1.82) is 5.26 Å². The molecule has 3 aromatic rings. The third-order valence-corrected chi connectivity index (χ3v) is 4.64. The number of hydrogen-bond donors (Lipinski definition) is 0. The molecule has 0 saturated heterocycles. The van der Waals surface area contributed by atoms with Crippen LogP contribution in [0.1, 0.15) is 43.4 Å². The molecule has 0 bridgehead atoms. The molecule has 0 amide bonds. The number of nitrogens with zero attached hydrogens (tertiary/aromatic N) is 5. The monoisotopic (exact) mass is 439 g/mol. The Morgan fingerprint density at radius 3 is 2.61 bits per heavy atom. The van der Waals surface area contributed by atoms with Crippen LogP contribution in [0, 0.1) is 18.3 Å². The van der Waals surface area contributed by atoms with E-state index in [1.807, 2.05) is 26.8 Å². The summed E-state index contributed by atoms with van der Waals surface area (Å²) in [6.45, 7) is 7.83. The van der Waals surface area contributed by atoms with Crippen LogP contribution in [0.3, 0.4) is 0 Å². The molecule has 31 heavy (non-hydrogen) atoms. The average molecular weight is 440 g/mol. The van der Waals surface area contributed by atoms with Gasteiger partial charge in [0.05, 0.1) is 42.9 Å². The van der Waals surface area contributed by atoms with Gasteiger partial charge in [0.25, 0.3) is 5.56 Å². The van der Waals surface area contributed by atoms with E-state index < -0.39 is 5.56 Å². The van der Waals surface area contributed by atoms with E-state index in [0.29, 0.717) is 33.5 Å². The maximum Gasteiger partial charge on any atom is 0.296 e. The Morgan fingerprint density at radius 1 is 1.23 bits per heavy atom. The van der Waals surface area contributed by atoms with Crippen LogP contribution in [0.2, 0.25) is 5.02 Å². The molecule has 0 atom stereocenters. The van der Waals surface area contributed by atoms with Gasteiger partial charge in [0.1, 0.15) is 11.6 Å². The van der Waals surface area contributed by atoms with Crippen LogP contribution in [-0.4, -0.2) is 26.6 Å². The molecule has 0 aliphatic carbocycles. The molecule has 0 aliphatic rings. The largest absolute Gasteiger partial charge is 0.481 e. The Bertz CT molecular complexity index is 1230. The molecule has 2 aromatic heterocycles. The number of halogens is 1. The van der Waals surface area contributed by atoms with Crippen LogP contribution in [0.5, 0.6) is 17.4 Å². The lowest BCUT2D eigenvalue weighted by Gasteiger charge is -2.18. The number of aromatic nitrogens is 4. The van der Waals surface area contributed by atoms with Crippen molar-refractivity contribution >= 4 is 11.6 Å². The predicted octanol–water partition coefficient (Wildman–Crippen LogP) is 4.01. The molecule has 0 saturated carbocycles. The van der Waals surface area contributed by atoms with Crippen molar-refractivity contribution in [3.05, 3.63) is 68.7 Å². The molecular weight excluding hydrogens is 418 g/mol. The van der Waals surface area contributed by atoms with Crippen molar-refractivity contribution in [2.75, 3.05) is 7.11 Å². The highest BCUT2D eigenvalue weighted by molar-refractivity contribution is 6.30. The van der Waals surface area contributed by atoms with Gasteiger partial charge in [-0.25, -0.2) is 9.97 Å². The number of ether oxygens (including phenoxy) is 2. The molecule has 3 rings (SSSR count). The Morgan fingerprint density at radius 2 is 1.97 bits per heavy atom. The van der Waals surface area contributed by atoms with Gasteiger partial charge in [-0.05, 0) is 25.1 Å². The van der Waals surface area contributed by atoms with Gasteiger partial charge in [0.2, 0.25) is 11.6 Å². The third-order valence-electron chi connectivity index (χ3n) is 4.42. The molecule has 0 radical (unpaired) electrons. The molecule has 8 nitrogen and oxygen atoms in total. The number of nitriles is 1. The van der Waals surface area contributed by atoms with E-state index in [1.54, 1.807) is 13.1 Å². The van der Waals surface area contributed by atoms with E-state index in [-0.39, 0.29) is 23.5 Å². The smallest absolute Gasteiger partial charge is 0.296 e. The summed E-state index contributed by atoms with van der Waals surface area (Å²) in [5.74, 6) is 1.35. The van der Waals surface area contributed by atoms with Gasteiger partial charge in [-0.3, -0.25) is 9.36 Å². The standard InChI is InChI=1S/C22H22ClN5O3/c1-13-18(31-17-7-14(9-24)6-16(23)8-17)20(29)28(12-26-13)11-15-10-25-21(22(2,3)4)27-19(15)30-5/h6-8,10,12H,11H2,1-5H3. The second-order valence-corrected chi connectivity index (χ2v) is 8.40. The van der Waals surface area contributed by atoms with E-state index in [9.17, 15) is 4.79 Å². The van der Waals surface area contributed by atoms with Crippen LogP contribution in [-0.2, 0) is 12.0 Å². The minimum absolute atomic E-state index is 0.0415. The number of methoxy groups -OCH3 is 1. The van der Waals surface area contributed by atoms with Crippen LogP contribution < -0.4 is 15.0 Å². The van der Waals surface area contributed by atoms with Crippen molar-refractivity contribution in [3.63, 3.8) is 0 Å². The lowest BCUT2D eigenvalue weighted by molar-refractivity contribution is 0.381. The normalized spacial score (nSPS) is 11.1. The lowest BCUT2D eigenvalue weighted by Crippen LogP contribution is -2.24. The van der Waals surface area contributed by atoms with Gasteiger partial charge in [0.15, 0.2) is 0 Å². The minimum atomic E-state index is -0.395. The Kier molecular flexibility index (Phi) is 6.27. The van der Waals surface area contributed by atoms with Crippen LogP contribution in [0.25, 0.3) is 0 Å². The van der Waals surface area contributed by atoms with Crippen LogP contribution >= 0.6 is 11.6 Å². The maximum atomic E-state index is 13.1. The molecule has 1 aromatic carbocycles. The first-order chi connectivity index (χ1) is 14.6. The zero-order valence-corrected chi connectivity index (χ0v) is 18.7. The van der Waals surface area contributed by atoms with E-state index >= 15 is 0 Å². The van der Waals surface area contributed by atoms with E-state index in [1.165, 1.54) is 36.2 Å². The van der Waals surface area contributed by atoms with Gasteiger partial charge in [-0.2, -0.15) is 10.2 Å². The molecular formula is C22H22ClN5O3. The second kappa shape index (κ2) is 8.74. The zero-order valence-electron chi connectivity index (χ0n) is 17.9. The van der Waals surface area contributed by atoms with Gasteiger partial charge >= 0.3 is 0 Å². The maximum absolute atomic E-state index is 13.1. The minimum Gasteiger partial charge on any atom is -0.481 e. The fourth-order valence-electron chi connectivity index (χ4n) is 2.81. The van der Waals surface area contributed by atoms with Gasteiger partial charge in [0, 0.05) is 16.6 Å². The summed E-state index contributed by atoms with van der Waals surface area (Å²) < 4.78 is 12.6. The summed E-state index contributed by atoms with van der Waals surface area (Å²) >= 11 is 6.03. The Balaban J connectivity index is 1.98. The van der Waals surface area contributed by atoms with Crippen LogP contribution in [0.4, 0.5) is 0 Å². The first-order valence-electron chi connectivity index (χ1n) is 9.47. The fraction of sp³-hybridized carbons (Fsp3) is 0.318. The summed E-state index contributed by atoms with van der Waals surface area (Å²) in [5.41, 5.74) is 0.724. The van der Waals surface area contributed by atoms with Crippen molar-refractivity contribution in [2.24, 2.45) is 0 Å². The predicted molar refractivity (Wildman–Crippen MR) is 116 cm³/mol. The second-order valence-electron chi connectivity index (χ2n) is 7.96. The first-order valence-corrected chi connectivity index (χ1v) is 9.85. The number of aryl methyl sites for hydroxylation is 1. The summed E-state index contributed by atoms with van der Waals surface area (Å²) in [6.07, 6.45) is 3.08. The molecule has 9 heteroatoms. The van der Waals surface area contributed by atoms with Gasteiger partial charge in [-0.15, -0.1) is 0 Å². The van der Waals surface area contributed by atoms with E-state index in [2.05, 4.69) is 15.0 Å².